The van der Waals surface area contributed by atoms with Gasteiger partial charge in [-0.2, -0.15) is 13.2 Å². The Morgan fingerprint density at radius 1 is 1.20 bits per heavy atom. The van der Waals surface area contributed by atoms with Crippen molar-refractivity contribution in [2.24, 2.45) is 0 Å². The first-order valence-corrected chi connectivity index (χ1v) is 13.9. The fourth-order valence-electron chi connectivity index (χ4n) is 4.53. The lowest BCUT2D eigenvalue weighted by Gasteiger charge is -2.25. The van der Waals surface area contributed by atoms with Gasteiger partial charge in [-0.1, -0.05) is 18.2 Å². The van der Waals surface area contributed by atoms with Crippen molar-refractivity contribution in [2.75, 3.05) is 25.2 Å². The average Bonchev–Trinajstić information content (AvgIpc) is 3.35. The van der Waals surface area contributed by atoms with Crippen LogP contribution in [0.2, 0.25) is 0 Å². The summed E-state index contributed by atoms with van der Waals surface area (Å²) in [7, 11) is -1.57. The van der Waals surface area contributed by atoms with Crippen molar-refractivity contribution < 1.29 is 31.1 Å². The third kappa shape index (κ3) is 6.71. The molecule has 11 heteroatoms. The summed E-state index contributed by atoms with van der Waals surface area (Å²) in [6.45, 7) is 0.693. The summed E-state index contributed by atoms with van der Waals surface area (Å²) >= 11 is 1.60. The first-order valence-electron chi connectivity index (χ1n) is 11.2. The average molecular weight is 529 g/mol. The van der Waals surface area contributed by atoms with E-state index in [0.717, 1.165) is 22.8 Å². The molecule has 0 spiro atoms. The van der Waals surface area contributed by atoms with Crippen LogP contribution in [0.3, 0.4) is 0 Å². The van der Waals surface area contributed by atoms with E-state index < -0.39 is 33.7 Å². The van der Waals surface area contributed by atoms with Gasteiger partial charge in [-0.3, -0.25) is 9.69 Å². The maximum absolute atomic E-state index is 13.2. The van der Waals surface area contributed by atoms with Crippen LogP contribution in [0.25, 0.3) is 0 Å². The van der Waals surface area contributed by atoms with Gasteiger partial charge in [0.15, 0.2) is 9.84 Å². The van der Waals surface area contributed by atoms with Crippen molar-refractivity contribution in [2.45, 2.75) is 47.8 Å². The van der Waals surface area contributed by atoms with Gasteiger partial charge in [-0.05, 0) is 48.7 Å². The smallest absolute Gasteiger partial charge is 0.416 e. The van der Waals surface area contributed by atoms with Crippen LogP contribution < -0.4 is 10.1 Å². The van der Waals surface area contributed by atoms with Crippen LogP contribution in [0.15, 0.2) is 53.4 Å². The summed E-state index contributed by atoms with van der Waals surface area (Å²) in [6, 6.07) is 11.7. The van der Waals surface area contributed by atoms with E-state index in [1.807, 2.05) is 29.2 Å². The number of amides is 1. The molecule has 0 radical (unpaired) electrons. The molecule has 0 aromatic heterocycles. The van der Waals surface area contributed by atoms with E-state index in [0.29, 0.717) is 24.9 Å². The molecule has 3 atom stereocenters. The van der Waals surface area contributed by atoms with E-state index in [1.165, 1.54) is 6.07 Å². The minimum absolute atomic E-state index is 0.0391. The van der Waals surface area contributed by atoms with Crippen molar-refractivity contribution in [3.8, 4) is 5.75 Å². The molecule has 2 aliphatic rings. The first kappa shape index (κ1) is 25.8. The number of hydrogen-bond acceptors (Lipinski definition) is 6. The second-order valence-electron chi connectivity index (χ2n) is 8.90. The first-order chi connectivity index (χ1) is 16.5. The zero-order valence-corrected chi connectivity index (χ0v) is 20.8. The second kappa shape index (κ2) is 10.4. The number of nitrogens with zero attached hydrogens (tertiary/aromatic N) is 1. The van der Waals surface area contributed by atoms with E-state index >= 15 is 0 Å². The van der Waals surface area contributed by atoms with E-state index in [4.69, 9.17) is 4.74 Å². The number of carbonyl (C=O) groups excluding carboxylic acids is 1. The number of likely N-dealkylation sites (tertiary alicyclic amines) is 1. The third-order valence-electron chi connectivity index (χ3n) is 6.25. The van der Waals surface area contributed by atoms with Gasteiger partial charge >= 0.3 is 6.18 Å². The largest absolute Gasteiger partial charge is 0.497 e. The van der Waals surface area contributed by atoms with Crippen LogP contribution in [0.5, 0.6) is 5.75 Å². The van der Waals surface area contributed by atoms with Crippen LogP contribution >= 0.6 is 11.8 Å². The van der Waals surface area contributed by atoms with Crippen LogP contribution in [-0.2, 0) is 27.4 Å². The van der Waals surface area contributed by atoms with Crippen LogP contribution in [0.4, 0.5) is 13.2 Å². The number of alkyl halides is 3. The molecule has 2 fully saturated rings. The van der Waals surface area contributed by atoms with Gasteiger partial charge in [0, 0.05) is 29.3 Å². The van der Waals surface area contributed by atoms with Crippen molar-refractivity contribution >= 4 is 27.5 Å². The van der Waals surface area contributed by atoms with Gasteiger partial charge in [0.2, 0.25) is 5.91 Å². The van der Waals surface area contributed by atoms with Crippen molar-refractivity contribution in [3.63, 3.8) is 0 Å². The van der Waals surface area contributed by atoms with Gasteiger partial charge in [0.1, 0.15) is 5.75 Å². The number of sulfone groups is 1. The number of hydrogen-bond donors (Lipinski definition) is 1. The Hall–Kier alpha value is -2.24. The molecule has 6 nitrogen and oxygen atoms in total. The molecule has 0 unspecified atom stereocenters. The maximum Gasteiger partial charge on any atom is 0.416 e. The highest BCUT2D eigenvalue weighted by Gasteiger charge is 2.39. The fraction of sp³-hybridized carbons (Fsp3) is 0.458. The molecule has 190 valence electrons. The Kier molecular flexibility index (Phi) is 7.68. The number of thioether (sulfide) groups is 1. The van der Waals surface area contributed by atoms with Crippen LogP contribution in [0, 0.1) is 0 Å². The molecular weight excluding hydrogens is 501 g/mol. The fourth-order valence-corrected chi connectivity index (χ4v) is 7.42. The minimum atomic E-state index is -4.45. The van der Waals surface area contributed by atoms with Gasteiger partial charge in [-0.15, -0.1) is 11.8 Å². The van der Waals surface area contributed by atoms with Gasteiger partial charge in [0.05, 0.1) is 30.2 Å². The summed E-state index contributed by atoms with van der Waals surface area (Å²) in [5.41, 5.74) is -0.258. The monoisotopic (exact) mass is 528 g/mol. The molecule has 35 heavy (non-hydrogen) atoms. The normalized spacial score (nSPS) is 24.4. The number of nitrogens with one attached hydrogen (secondary N) is 1. The maximum atomic E-state index is 13.2. The predicted molar refractivity (Wildman–Crippen MR) is 128 cm³/mol. The molecule has 4 rings (SSSR count). The zero-order chi connectivity index (χ0) is 25.2. The SMILES string of the molecule is COc1ccc(S[C@@H]2C[C@@H](C(=O)N[C@H]3CCS(=O)(=O)C3)N(Cc3cccc(C(F)(F)F)c3)C2)cc1. The molecule has 0 bridgehead atoms. The van der Waals surface area contributed by atoms with Crippen molar-refractivity contribution in [1.29, 1.82) is 0 Å². The number of methoxy groups -OCH3 is 1. The van der Waals surface area contributed by atoms with Crippen molar-refractivity contribution in [1.82, 2.24) is 10.2 Å². The lowest BCUT2D eigenvalue weighted by molar-refractivity contribution is -0.137. The molecule has 1 amide bonds. The molecular formula is C24H27F3N2O4S2. The highest BCUT2D eigenvalue weighted by Crippen LogP contribution is 2.35. The van der Waals surface area contributed by atoms with E-state index in [2.05, 4.69) is 5.32 Å². The third-order valence-corrected chi connectivity index (χ3v) is 9.24. The lowest BCUT2D eigenvalue weighted by Crippen LogP contribution is -2.47. The number of rotatable bonds is 7. The molecule has 2 heterocycles. The molecule has 0 saturated carbocycles. The summed E-state index contributed by atoms with van der Waals surface area (Å²) in [4.78, 5) is 16.0. The number of halogens is 3. The molecule has 1 N–H and O–H groups in total. The Morgan fingerprint density at radius 3 is 2.57 bits per heavy atom. The lowest BCUT2D eigenvalue weighted by atomic mass is 10.1. The Labute approximate surface area is 207 Å². The summed E-state index contributed by atoms with van der Waals surface area (Å²) < 4.78 is 68.4. The summed E-state index contributed by atoms with van der Waals surface area (Å²) in [5, 5.41) is 2.90. The minimum Gasteiger partial charge on any atom is -0.497 e. The molecule has 2 aliphatic heterocycles. The summed E-state index contributed by atoms with van der Waals surface area (Å²) in [6.07, 6.45) is -3.57. The summed E-state index contributed by atoms with van der Waals surface area (Å²) in [5.74, 6) is 0.419. The Bertz CT molecular complexity index is 1160. The highest BCUT2D eigenvalue weighted by atomic mass is 32.2. The van der Waals surface area contributed by atoms with E-state index in [9.17, 15) is 26.4 Å². The zero-order valence-electron chi connectivity index (χ0n) is 19.1. The Balaban J connectivity index is 1.50. The van der Waals surface area contributed by atoms with Gasteiger partial charge in [-0.25, -0.2) is 8.42 Å². The topological polar surface area (TPSA) is 75.7 Å². The van der Waals surface area contributed by atoms with Gasteiger partial charge < -0.3 is 10.1 Å². The van der Waals surface area contributed by atoms with Gasteiger partial charge in [0.25, 0.3) is 0 Å². The van der Waals surface area contributed by atoms with E-state index in [1.54, 1.807) is 24.9 Å². The standard InChI is InChI=1S/C24H27F3N2O4S2/c1-33-19-5-7-20(8-6-19)34-21-12-22(23(30)28-18-9-10-35(31,32)15-18)29(14-21)13-16-3-2-4-17(11-16)24(25,26)27/h2-8,11,18,21-22H,9-10,12-15H2,1H3,(H,28,30)/t18-,21+,22-/m0/s1. The molecule has 2 aromatic rings. The highest BCUT2D eigenvalue weighted by molar-refractivity contribution is 8.00. The second-order valence-corrected chi connectivity index (χ2v) is 12.5. The quantitative estimate of drug-likeness (QED) is 0.590. The number of benzene rings is 2. The predicted octanol–water partition coefficient (Wildman–Crippen LogP) is 3.75. The number of ether oxygens (including phenoxy) is 1. The van der Waals surface area contributed by atoms with Crippen LogP contribution in [0.1, 0.15) is 24.0 Å². The molecule has 2 saturated heterocycles. The van der Waals surface area contributed by atoms with Crippen LogP contribution in [-0.4, -0.2) is 61.7 Å². The van der Waals surface area contributed by atoms with Crippen molar-refractivity contribution in [3.05, 3.63) is 59.7 Å². The molecule has 0 aliphatic carbocycles. The Morgan fingerprint density at radius 2 is 1.94 bits per heavy atom. The van der Waals surface area contributed by atoms with E-state index in [-0.39, 0.29) is 29.2 Å². The molecule has 2 aromatic carbocycles. The number of carbonyl (C=O) groups is 1.